The van der Waals surface area contributed by atoms with Crippen LogP contribution >= 0.6 is 0 Å². The molecule has 0 spiro atoms. The first-order valence-corrected chi connectivity index (χ1v) is 23.2. The Morgan fingerprint density at radius 1 is 0.373 bits per heavy atom. The quantitative estimate of drug-likeness (QED) is 0.0463. The lowest BCUT2D eigenvalue weighted by molar-refractivity contribution is -0.143. The van der Waals surface area contributed by atoms with E-state index in [1.54, 1.807) is 0 Å². The molecule has 0 aromatic rings. The summed E-state index contributed by atoms with van der Waals surface area (Å²) in [5.41, 5.74) is 0. The van der Waals surface area contributed by atoms with Gasteiger partial charge in [0.15, 0.2) is 0 Å². The van der Waals surface area contributed by atoms with Crippen molar-refractivity contribution in [3.63, 3.8) is 0 Å². The molecule has 0 aromatic heterocycles. The van der Waals surface area contributed by atoms with Crippen LogP contribution in [0.5, 0.6) is 0 Å². The summed E-state index contributed by atoms with van der Waals surface area (Å²) in [5, 5.41) is 0. The minimum Gasteiger partial charge on any atom is -0.466 e. The average molecular weight is 723 g/mol. The number of unbranched alkanes of at least 4 members (excludes halogenated alkanes) is 29. The predicted molar refractivity (Wildman–Crippen MR) is 225 cm³/mol. The van der Waals surface area contributed by atoms with Crippen LogP contribution in [0.25, 0.3) is 0 Å². The van der Waals surface area contributed by atoms with E-state index < -0.39 is 0 Å². The fraction of sp³-hybridized carbons (Fsp3) is 0.978. The summed E-state index contributed by atoms with van der Waals surface area (Å²) in [7, 11) is 4.39. The van der Waals surface area contributed by atoms with E-state index in [1.165, 1.54) is 212 Å². The molecule has 0 aromatic carbocycles. The van der Waals surface area contributed by atoms with Gasteiger partial charge in [-0.25, -0.2) is 0 Å². The molecular formula is C46H94N2O3. The average Bonchev–Trinajstić information content (AvgIpc) is 3.12. The van der Waals surface area contributed by atoms with Crippen LogP contribution in [0.4, 0.5) is 0 Å². The molecule has 0 aliphatic carbocycles. The first-order chi connectivity index (χ1) is 25.1. The van der Waals surface area contributed by atoms with Crippen LogP contribution in [0.15, 0.2) is 0 Å². The molecule has 0 unspecified atom stereocenters. The SMILES string of the molecule is CCCCCCCCCCCOCCCCCCCCCCN(CCCCCCCCCC(=O)OCCCCCCCCCCC)CCN(C)C. The summed E-state index contributed by atoms with van der Waals surface area (Å²) in [5.74, 6) is 0.0168. The zero-order chi connectivity index (χ0) is 37.1. The number of carbonyl (C=O) groups excluding carboxylic acids is 1. The Bertz CT molecular complexity index is 658. The van der Waals surface area contributed by atoms with Gasteiger partial charge in [-0.1, -0.05) is 187 Å². The Morgan fingerprint density at radius 3 is 1.10 bits per heavy atom. The van der Waals surface area contributed by atoms with Gasteiger partial charge in [0.25, 0.3) is 0 Å². The molecule has 0 heterocycles. The molecule has 0 amide bonds. The second kappa shape index (κ2) is 43.8. The molecule has 0 rings (SSSR count). The third kappa shape index (κ3) is 43.6. The summed E-state index contributed by atoms with van der Waals surface area (Å²) in [4.78, 5) is 17.1. The van der Waals surface area contributed by atoms with Gasteiger partial charge in [0, 0.05) is 32.7 Å². The molecule has 0 bridgehead atoms. The molecule has 0 radical (unpaired) electrons. The molecule has 306 valence electrons. The van der Waals surface area contributed by atoms with E-state index >= 15 is 0 Å². The van der Waals surface area contributed by atoms with Crippen LogP contribution in [0.2, 0.25) is 0 Å². The zero-order valence-electron chi connectivity index (χ0n) is 35.6. The Balaban J connectivity index is 3.57. The minimum absolute atomic E-state index is 0.0168. The van der Waals surface area contributed by atoms with Gasteiger partial charge in [0.05, 0.1) is 6.61 Å². The Labute approximate surface area is 321 Å². The first-order valence-electron chi connectivity index (χ1n) is 23.2. The van der Waals surface area contributed by atoms with Crippen molar-refractivity contribution in [3.05, 3.63) is 0 Å². The van der Waals surface area contributed by atoms with Gasteiger partial charge in [-0.3, -0.25) is 4.79 Å². The van der Waals surface area contributed by atoms with Crippen molar-refractivity contribution < 1.29 is 14.3 Å². The molecule has 0 aliphatic rings. The smallest absolute Gasteiger partial charge is 0.305 e. The zero-order valence-corrected chi connectivity index (χ0v) is 35.6. The third-order valence-corrected chi connectivity index (χ3v) is 10.6. The second-order valence-electron chi connectivity index (χ2n) is 16.2. The van der Waals surface area contributed by atoms with Crippen molar-refractivity contribution >= 4 is 5.97 Å². The van der Waals surface area contributed by atoms with E-state index in [0.29, 0.717) is 13.0 Å². The van der Waals surface area contributed by atoms with E-state index in [-0.39, 0.29) is 5.97 Å². The summed E-state index contributed by atoms with van der Waals surface area (Å²) >= 11 is 0. The van der Waals surface area contributed by atoms with E-state index in [2.05, 4.69) is 37.7 Å². The number of ether oxygens (including phenoxy) is 2. The van der Waals surface area contributed by atoms with Crippen molar-refractivity contribution in [2.24, 2.45) is 0 Å². The van der Waals surface area contributed by atoms with Gasteiger partial charge in [-0.2, -0.15) is 0 Å². The standard InChI is InChI=1S/C46H94N2O3/c1-5-7-9-11-13-16-23-29-35-43-50-44-36-30-24-18-15-21-27-33-39-48(42-41-47(3)4)40-34-28-22-19-20-26-32-38-46(49)51-45-37-31-25-17-14-12-10-8-6-2/h5-45H2,1-4H3. The van der Waals surface area contributed by atoms with E-state index in [9.17, 15) is 4.79 Å². The summed E-state index contributed by atoms with van der Waals surface area (Å²) < 4.78 is 11.3. The summed E-state index contributed by atoms with van der Waals surface area (Å²) in [6, 6.07) is 0. The summed E-state index contributed by atoms with van der Waals surface area (Å²) in [6.07, 6.45) is 44.4. The van der Waals surface area contributed by atoms with Crippen LogP contribution < -0.4 is 0 Å². The highest BCUT2D eigenvalue weighted by atomic mass is 16.5. The van der Waals surface area contributed by atoms with Gasteiger partial charge in [0.1, 0.15) is 0 Å². The minimum atomic E-state index is 0.0168. The van der Waals surface area contributed by atoms with Crippen molar-refractivity contribution in [2.45, 2.75) is 232 Å². The largest absolute Gasteiger partial charge is 0.466 e. The van der Waals surface area contributed by atoms with E-state index in [1.807, 2.05) is 0 Å². The van der Waals surface area contributed by atoms with Crippen molar-refractivity contribution in [1.29, 1.82) is 0 Å². The normalized spacial score (nSPS) is 11.7. The molecule has 0 saturated carbocycles. The topological polar surface area (TPSA) is 42.0 Å². The second-order valence-corrected chi connectivity index (χ2v) is 16.2. The third-order valence-electron chi connectivity index (χ3n) is 10.6. The highest BCUT2D eigenvalue weighted by Gasteiger charge is 2.06. The van der Waals surface area contributed by atoms with Crippen LogP contribution in [-0.2, 0) is 14.3 Å². The highest BCUT2D eigenvalue weighted by Crippen LogP contribution is 2.14. The highest BCUT2D eigenvalue weighted by molar-refractivity contribution is 5.69. The number of hydrogen-bond acceptors (Lipinski definition) is 5. The predicted octanol–water partition coefficient (Wildman–Crippen LogP) is 13.7. The van der Waals surface area contributed by atoms with Crippen LogP contribution in [0.3, 0.4) is 0 Å². The maximum Gasteiger partial charge on any atom is 0.305 e. The van der Waals surface area contributed by atoms with Crippen LogP contribution in [0, 0.1) is 0 Å². The lowest BCUT2D eigenvalue weighted by Crippen LogP contribution is -2.33. The number of likely N-dealkylation sites (N-methyl/N-ethyl adjacent to an activating group) is 1. The molecular weight excluding hydrogens is 629 g/mol. The Kier molecular flexibility index (Phi) is 43.2. The summed E-state index contributed by atoms with van der Waals surface area (Å²) in [6.45, 7) is 12.0. The number of rotatable bonds is 44. The van der Waals surface area contributed by atoms with Gasteiger partial charge in [-0.05, 0) is 65.7 Å². The number of nitrogens with zero attached hydrogens (tertiary/aromatic N) is 2. The molecule has 5 nitrogen and oxygen atoms in total. The number of hydrogen-bond donors (Lipinski definition) is 0. The maximum absolute atomic E-state index is 12.0. The number of esters is 1. The van der Waals surface area contributed by atoms with Crippen molar-refractivity contribution in [1.82, 2.24) is 9.80 Å². The molecule has 5 heteroatoms. The maximum atomic E-state index is 12.0. The van der Waals surface area contributed by atoms with Gasteiger partial charge in [0.2, 0.25) is 0 Å². The lowest BCUT2D eigenvalue weighted by Gasteiger charge is -2.24. The van der Waals surface area contributed by atoms with Crippen LogP contribution in [0.1, 0.15) is 232 Å². The van der Waals surface area contributed by atoms with Crippen molar-refractivity contribution in [2.75, 3.05) is 60.1 Å². The fourth-order valence-corrected chi connectivity index (χ4v) is 7.05. The van der Waals surface area contributed by atoms with E-state index in [0.717, 1.165) is 39.0 Å². The van der Waals surface area contributed by atoms with Crippen LogP contribution in [-0.4, -0.2) is 75.9 Å². The molecule has 0 atom stereocenters. The molecule has 0 aliphatic heterocycles. The Hall–Kier alpha value is -0.650. The van der Waals surface area contributed by atoms with Crippen molar-refractivity contribution in [3.8, 4) is 0 Å². The van der Waals surface area contributed by atoms with Gasteiger partial charge >= 0.3 is 5.97 Å². The monoisotopic (exact) mass is 723 g/mol. The first kappa shape index (κ1) is 50.4. The molecule has 0 N–H and O–H groups in total. The van der Waals surface area contributed by atoms with E-state index in [4.69, 9.17) is 9.47 Å². The Morgan fingerprint density at radius 2 is 0.706 bits per heavy atom. The molecule has 51 heavy (non-hydrogen) atoms. The fourth-order valence-electron chi connectivity index (χ4n) is 7.05. The van der Waals surface area contributed by atoms with Gasteiger partial charge in [-0.15, -0.1) is 0 Å². The lowest BCUT2D eigenvalue weighted by atomic mass is 10.1. The number of carbonyl (C=O) groups is 1. The molecule has 0 saturated heterocycles. The van der Waals surface area contributed by atoms with Gasteiger partial charge < -0.3 is 19.3 Å². The molecule has 0 fully saturated rings.